The number of hydrogen-bond acceptors (Lipinski definition) is 6. The number of nitrogens with zero attached hydrogens (tertiary/aromatic N) is 5. The van der Waals surface area contributed by atoms with Gasteiger partial charge in [0.1, 0.15) is 10.6 Å². The van der Waals surface area contributed by atoms with Crippen molar-refractivity contribution in [2.75, 3.05) is 38.1 Å². The van der Waals surface area contributed by atoms with E-state index in [2.05, 4.69) is 40.1 Å². The van der Waals surface area contributed by atoms with Crippen LogP contribution in [0.15, 0.2) is 11.1 Å². The number of aromatic nitrogens is 1. The number of hydrogen-bond donors (Lipinski definition) is 1. The molecule has 0 bridgehead atoms. The van der Waals surface area contributed by atoms with Gasteiger partial charge in [-0.1, -0.05) is 19.7 Å². The molecule has 4 rings (SSSR count). The number of pyridine rings is 1. The Morgan fingerprint density at radius 1 is 1.31 bits per heavy atom. The van der Waals surface area contributed by atoms with Gasteiger partial charge in [0.15, 0.2) is 0 Å². The number of anilines is 1. The molecule has 0 radical (unpaired) electrons. The maximum Gasteiger partial charge on any atom is 1.00 e. The van der Waals surface area contributed by atoms with E-state index in [1.54, 1.807) is 17.7 Å². The molecule has 2 aromatic rings. The molecule has 1 saturated heterocycles. The van der Waals surface area contributed by atoms with Gasteiger partial charge in [-0.25, -0.2) is 4.98 Å². The molecule has 2 aliphatic rings. The first-order chi connectivity index (χ1) is 12.2. The summed E-state index contributed by atoms with van der Waals surface area (Å²) in [6.45, 7) is 6.54. The zero-order chi connectivity index (χ0) is 17.4. The molecular formula is C18H25KN6S. The second-order valence-corrected chi connectivity index (χ2v) is 7.90. The monoisotopic (exact) mass is 396 g/mol. The van der Waals surface area contributed by atoms with Crippen LogP contribution >= 0.6 is 11.3 Å². The minimum atomic E-state index is -0.309. The van der Waals surface area contributed by atoms with Crippen molar-refractivity contribution < 1.29 is 51.4 Å². The summed E-state index contributed by atoms with van der Waals surface area (Å²) in [5.41, 5.74) is 8.48. The van der Waals surface area contributed by atoms with Crippen LogP contribution in [0.4, 0.5) is 11.5 Å². The van der Waals surface area contributed by atoms with Crippen LogP contribution in [0, 0.1) is 0 Å². The van der Waals surface area contributed by atoms with Gasteiger partial charge in [-0.2, -0.15) is 0 Å². The Labute approximate surface area is 201 Å². The summed E-state index contributed by atoms with van der Waals surface area (Å²) >= 11 is 1.65. The first-order valence-corrected chi connectivity index (χ1v) is 9.87. The molecule has 2 aliphatic heterocycles. The average Bonchev–Trinajstić information content (AvgIpc) is 2.84. The van der Waals surface area contributed by atoms with E-state index in [0.717, 1.165) is 60.2 Å². The summed E-state index contributed by atoms with van der Waals surface area (Å²) in [5.74, 6) is 1.10. The van der Waals surface area contributed by atoms with Gasteiger partial charge < -0.3 is 25.8 Å². The SMILES string of the molecule is CCCc1cc(N2CCCN(C)CC2)nc2sc3c(c12)N=C[N-]C3N.[K+]. The predicted molar refractivity (Wildman–Crippen MR) is 106 cm³/mol. The summed E-state index contributed by atoms with van der Waals surface area (Å²) in [5, 5.41) is 5.41. The van der Waals surface area contributed by atoms with Crippen molar-refractivity contribution >= 4 is 39.4 Å². The predicted octanol–water partition coefficient (Wildman–Crippen LogP) is 0.399. The second kappa shape index (κ2) is 8.96. The van der Waals surface area contributed by atoms with Gasteiger partial charge in [-0.3, -0.25) is 0 Å². The van der Waals surface area contributed by atoms with Crippen LogP contribution in [0.3, 0.4) is 0 Å². The van der Waals surface area contributed by atoms with Crippen LogP contribution < -0.4 is 62.0 Å². The van der Waals surface area contributed by atoms with E-state index >= 15 is 0 Å². The summed E-state index contributed by atoms with van der Waals surface area (Å²) in [6, 6.07) is 2.27. The van der Waals surface area contributed by atoms with Crippen molar-refractivity contribution in [3.63, 3.8) is 0 Å². The van der Waals surface area contributed by atoms with Crippen LogP contribution in [-0.4, -0.2) is 49.4 Å². The van der Waals surface area contributed by atoms with Crippen LogP contribution in [-0.2, 0) is 6.42 Å². The van der Waals surface area contributed by atoms with E-state index in [1.807, 2.05) is 0 Å². The smallest absolute Gasteiger partial charge is 0.451 e. The fourth-order valence-electron chi connectivity index (χ4n) is 3.62. The van der Waals surface area contributed by atoms with Crippen molar-refractivity contribution in [2.45, 2.75) is 32.4 Å². The molecule has 0 aliphatic carbocycles. The maximum absolute atomic E-state index is 6.16. The van der Waals surface area contributed by atoms with Gasteiger partial charge >= 0.3 is 51.4 Å². The first-order valence-electron chi connectivity index (χ1n) is 9.05. The molecule has 0 aromatic carbocycles. The van der Waals surface area contributed by atoms with Gasteiger partial charge in [0.05, 0.1) is 0 Å². The van der Waals surface area contributed by atoms with Crippen molar-refractivity contribution in [3.05, 3.63) is 21.8 Å². The molecule has 2 N–H and O–H groups in total. The molecule has 2 aromatic heterocycles. The van der Waals surface area contributed by atoms with E-state index in [9.17, 15) is 0 Å². The van der Waals surface area contributed by atoms with Gasteiger partial charge in [0, 0.05) is 36.1 Å². The Bertz CT molecular complexity index is 805. The van der Waals surface area contributed by atoms with Gasteiger partial charge in [0.25, 0.3) is 0 Å². The maximum atomic E-state index is 6.16. The van der Waals surface area contributed by atoms with Gasteiger partial charge in [-0.05, 0) is 43.8 Å². The molecule has 8 heteroatoms. The molecule has 134 valence electrons. The third-order valence-electron chi connectivity index (χ3n) is 4.98. The largest absolute Gasteiger partial charge is 1.00 e. The molecule has 26 heavy (non-hydrogen) atoms. The fraction of sp³-hybridized carbons (Fsp3) is 0.556. The Kier molecular flexibility index (Phi) is 7.12. The van der Waals surface area contributed by atoms with E-state index in [1.165, 1.54) is 17.4 Å². The van der Waals surface area contributed by atoms with Crippen molar-refractivity contribution in [1.29, 1.82) is 0 Å². The average molecular weight is 397 g/mol. The summed E-state index contributed by atoms with van der Waals surface area (Å²) in [4.78, 5) is 16.4. The van der Waals surface area contributed by atoms with Crippen LogP contribution in [0.5, 0.6) is 0 Å². The molecule has 0 spiro atoms. The topological polar surface area (TPSA) is 71.8 Å². The molecule has 1 fully saturated rings. The quantitative estimate of drug-likeness (QED) is 0.763. The van der Waals surface area contributed by atoms with E-state index in [0.29, 0.717) is 0 Å². The fourth-order valence-corrected chi connectivity index (χ4v) is 4.73. The van der Waals surface area contributed by atoms with E-state index in [4.69, 9.17) is 10.7 Å². The van der Waals surface area contributed by atoms with Crippen LogP contribution in [0.25, 0.3) is 15.5 Å². The Hall–Kier alpha value is -0.0636. The Morgan fingerprint density at radius 3 is 2.96 bits per heavy atom. The number of likely N-dealkylation sites (N-methyl/N-ethyl adjacent to an activating group) is 1. The minimum Gasteiger partial charge on any atom is -0.451 e. The number of nitrogens with two attached hydrogens (primary N) is 1. The molecule has 4 heterocycles. The zero-order valence-corrected chi connectivity index (χ0v) is 19.8. The summed E-state index contributed by atoms with van der Waals surface area (Å²) in [6.07, 6.45) is 4.59. The standard InChI is InChI=1S/C18H25N6S.K/c1-3-5-12-10-13(24-7-4-6-23(2)8-9-24)22-18-14(12)15-16(25-18)17(19)21-11-20-15;/h10-11,17H,3-9,19H2,1-2H3;/q-1;+1. The van der Waals surface area contributed by atoms with Crippen LogP contribution in [0.1, 0.15) is 36.4 Å². The first kappa shape index (κ1) is 20.7. The zero-order valence-electron chi connectivity index (χ0n) is 15.9. The third-order valence-corrected chi connectivity index (χ3v) is 6.12. The molecule has 0 amide bonds. The molecule has 0 saturated carbocycles. The minimum absolute atomic E-state index is 0. The van der Waals surface area contributed by atoms with Crippen LogP contribution in [0.2, 0.25) is 0 Å². The summed E-state index contributed by atoms with van der Waals surface area (Å²) in [7, 11) is 2.19. The van der Waals surface area contributed by atoms with E-state index < -0.39 is 0 Å². The Morgan fingerprint density at radius 2 is 2.15 bits per heavy atom. The molecular weight excluding hydrogens is 371 g/mol. The van der Waals surface area contributed by atoms with Gasteiger partial charge in [0.2, 0.25) is 0 Å². The number of aliphatic imine (C=N–C) groups is 1. The number of aryl methyl sites for hydroxylation is 1. The summed E-state index contributed by atoms with van der Waals surface area (Å²) < 4.78 is 0. The number of thiophene rings is 1. The van der Waals surface area contributed by atoms with Crippen molar-refractivity contribution in [2.24, 2.45) is 10.7 Å². The second-order valence-electron chi connectivity index (χ2n) is 6.87. The molecule has 1 atom stereocenters. The normalized spacial score (nSPS) is 20.4. The molecule has 6 nitrogen and oxygen atoms in total. The number of rotatable bonds is 3. The van der Waals surface area contributed by atoms with Gasteiger partial charge in [-0.15, -0.1) is 11.3 Å². The third kappa shape index (κ3) is 4.02. The molecule has 1 unspecified atom stereocenters. The van der Waals surface area contributed by atoms with Crippen molar-refractivity contribution in [3.8, 4) is 0 Å². The Balaban J connectivity index is 0.00000196. The van der Waals surface area contributed by atoms with E-state index in [-0.39, 0.29) is 57.6 Å². The van der Waals surface area contributed by atoms with Crippen molar-refractivity contribution in [1.82, 2.24) is 9.88 Å². The number of fused-ring (bicyclic) bond motifs is 3.